The topological polar surface area (TPSA) is 81.1 Å². The SMILES string of the molecule is Nc1cccc(C(=O)NCCCc2ccccc2)c1N. The molecule has 2 aromatic rings. The maximum Gasteiger partial charge on any atom is 0.253 e. The summed E-state index contributed by atoms with van der Waals surface area (Å²) in [6.45, 7) is 0.613. The van der Waals surface area contributed by atoms with Crippen molar-refractivity contribution in [3.05, 3.63) is 59.7 Å². The van der Waals surface area contributed by atoms with Gasteiger partial charge in [-0.05, 0) is 30.5 Å². The Morgan fingerprint density at radius 1 is 1.00 bits per heavy atom. The quantitative estimate of drug-likeness (QED) is 0.575. The molecule has 104 valence electrons. The predicted octanol–water partition coefficient (Wildman–Crippen LogP) is 2.21. The minimum Gasteiger partial charge on any atom is -0.397 e. The van der Waals surface area contributed by atoms with Crippen LogP contribution in [-0.2, 0) is 6.42 Å². The molecule has 0 heterocycles. The van der Waals surface area contributed by atoms with Crippen molar-refractivity contribution in [1.82, 2.24) is 5.32 Å². The van der Waals surface area contributed by atoms with Crippen molar-refractivity contribution in [3.63, 3.8) is 0 Å². The van der Waals surface area contributed by atoms with Crippen molar-refractivity contribution in [1.29, 1.82) is 0 Å². The Morgan fingerprint density at radius 2 is 1.75 bits per heavy atom. The van der Waals surface area contributed by atoms with Gasteiger partial charge in [-0.2, -0.15) is 0 Å². The summed E-state index contributed by atoms with van der Waals surface area (Å²) < 4.78 is 0. The molecule has 0 saturated heterocycles. The third-order valence-corrected chi connectivity index (χ3v) is 3.16. The van der Waals surface area contributed by atoms with Gasteiger partial charge in [-0.1, -0.05) is 36.4 Å². The highest BCUT2D eigenvalue weighted by Crippen LogP contribution is 2.19. The first-order valence-electron chi connectivity index (χ1n) is 6.64. The van der Waals surface area contributed by atoms with Crippen LogP contribution in [0.15, 0.2) is 48.5 Å². The number of anilines is 2. The van der Waals surface area contributed by atoms with Crippen LogP contribution in [0.25, 0.3) is 0 Å². The van der Waals surface area contributed by atoms with E-state index in [-0.39, 0.29) is 5.91 Å². The summed E-state index contributed by atoms with van der Waals surface area (Å²) >= 11 is 0. The predicted molar refractivity (Wildman–Crippen MR) is 82.4 cm³/mol. The monoisotopic (exact) mass is 269 g/mol. The molecule has 0 spiro atoms. The van der Waals surface area contributed by atoms with Gasteiger partial charge in [0.05, 0.1) is 16.9 Å². The molecule has 0 radical (unpaired) electrons. The molecule has 2 aromatic carbocycles. The van der Waals surface area contributed by atoms with Crippen molar-refractivity contribution < 1.29 is 4.79 Å². The van der Waals surface area contributed by atoms with E-state index in [1.807, 2.05) is 18.2 Å². The van der Waals surface area contributed by atoms with Gasteiger partial charge < -0.3 is 16.8 Å². The molecule has 0 fully saturated rings. The highest BCUT2D eigenvalue weighted by Gasteiger charge is 2.10. The lowest BCUT2D eigenvalue weighted by atomic mass is 10.1. The van der Waals surface area contributed by atoms with Crippen molar-refractivity contribution >= 4 is 17.3 Å². The van der Waals surface area contributed by atoms with Crippen LogP contribution < -0.4 is 16.8 Å². The van der Waals surface area contributed by atoms with E-state index in [1.54, 1.807) is 18.2 Å². The maximum atomic E-state index is 12.0. The molecule has 0 saturated carbocycles. The summed E-state index contributed by atoms with van der Waals surface area (Å²) in [6.07, 6.45) is 1.82. The summed E-state index contributed by atoms with van der Waals surface area (Å²) in [5.41, 5.74) is 14.0. The number of hydrogen-bond acceptors (Lipinski definition) is 3. The number of nitrogen functional groups attached to an aromatic ring is 2. The summed E-state index contributed by atoms with van der Waals surface area (Å²) in [7, 11) is 0. The van der Waals surface area contributed by atoms with Gasteiger partial charge >= 0.3 is 0 Å². The van der Waals surface area contributed by atoms with Crippen LogP contribution in [0.2, 0.25) is 0 Å². The standard InChI is InChI=1S/C16H19N3O/c17-14-10-4-9-13(15(14)18)16(20)19-11-5-8-12-6-2-1-3-7-12/h1-4,6-7,9-10H,5,8,11,17-18H2,(H,19,20). The molecule has 0 atom stereocenters. The van der Waals surface area contributed by atoms with E-state index in [9.17, 15) is 4.79 Å². The number of nitrogens with two attached hydrogens (primary N) is 2. The van der Waals surface area contributed by atoms with E-state index in [4.69, 9.17) is 11.5 Å². The van der Waals surface area contributed by atoms with E-state index in [1.165, 1.54) is 5.56 Å². The minimum absolute atomic E-state index is 0.178. The van der Waals surface area contributed by atoms with E-state index in [0.29, 0.717) is 23.5 Å². The third kappa shape index (κ3) is 3.51. The Labute approximate surface area is 118 Å². The first-order valence-corrected chi connectivity index (χ1v) is 6.64. The lowest BCUT2D eigenvalue weighted by Gasteiger charge is -2.09. The molecule has 2 rings (SSSR count). The van der Waals surface area contributed by atoms with Gasteiger partial charge in [0, 0.05) is 6.54 Å². The van der Waals surface area contributed by atoms with Crippen molar-refractivity contribution in [3.8, 4) is 0 Å². The second-order valence-electron chi connectivity index (χ2n) is 4.65. The number of nitrogens with one attached hydrogen (secondary N) is 1. The normalized spacial score (nSPS) is 10.2. The Hall–Kier alpha value is -2.49. The molecule has 0 unspecified atom stereocenters. The van der Waals surface area contributed by atoms with Gasteiger partial charge in [0.25, 0.3) is 5.91 Å². The Balaban J connectivity index is 1.82. The molecule has 1 amide bonds. The number of hydrogen-bond donors (Lipinski definition) is 3. The van der Waals surface area contributed by atoms with Gasteiger partial charge in [-0.25, -0.2) is 0 Å². The number of carbonyl (C=O) groups excluding carboxylic acids is 1. The second-order valence-corrected chi connectivity index (χ2v) is 4.65. The van der Waals surface area contributed by atoms with Gasteiger partial charge in [0.2, 0.25) is 0 Å². The molecular formula is C16H19N3O. The largest absolute Gasteiger partial charge is 0.397 e. The average Bonchev–Trinajstić information content (AvgIpc) is 2.47. The van der Waals surface area contributed by atoms with Crippen molar-refractivity contribution in [2.24, 2.45) is 0 Å². The summed E-state index contributed by atoms with van der Waals surface area (Å²) in [4.78, 5) is 12.0. The lowest BCUT2D eigenvalue weighted by Crippen LogP contribution is -2.25. The number of amides is 1. The Kier molecular flexibility index (Phi) is 4.60. The zero-order valence-corrected chi connectivity index (χ0v) is 11.3. The molecule has 0 aliphatic heterocycles. The van der Waals surface area contributed by atoms with E-state index >= 15 is 0 Å². The van der Waals surface area contributed by atoms with Crippen LogP contribution in [0, 0.1) is 0 Å². The lowest BCUT2D eigenvalue weighted by molar-refractivity contribution is 0.0954. The molecule has 4 nitrogen and oxygen atoms in total. The number of rotatable bonds is 5. The highest BCUT2D eigenvalue weighted by molar-refractivity contribution is 6.01. The summed E-state index contributed by atoms with van der Waals surface area (Å²) in [5, 5.41) is 2.86. The van der Waals surface area contributed by atoms with Crippen LogP contribution >= 0.6 is 0 Å². The fourth-order valence-corrected chi connectivity index (χ4v) is 2.02. The van der Waals surface area contributed by atoms with Crippen LogP contribution in [-0.4, -0.2) is 12.5 Å². The number of aryl methyl sites for hydroxylation is 1. The molecule has 20 heavy (non-hydrogen) atoms. The van der Waals surface area contributed by atoms with Crippen LogP contribution in [0.5, 0.6) is 0 Å². The van der Waals surface area contributed by atoms with Crippen LogP contribution in [0.4, 0.5) is 11.4 Å². The minimum atomic E-state index is -0.178. The van der Waals surface area contributed by atoms with Crippen molar-refractivity contribution in [2.75, 3.05) is 18.0 Å². The number of benzene rings is 2. The second kappa shape index (κ2) is 6.61. The smallest absolute Gasteiger partial charge is 0.253 e. The maximum absolute atomic E-state index is 12.0. The molecule has 0 aromatic heterocycles. The average molecular weight is 269 g/mol. The van der Waals surface area contributed by atoms with E-state index in [0.717, 1.165) is 12.8 Å². The van der Waals surface area contributed by atoms with Gasteiger partial charge in [0.15, 0.2) is 0 Å². The third-order valence-electron chi connectivity index (χ3n) is 3.16. The van der Waals surface area contributed by atoms with Gasteiger partial charge in [-0.15, -0.1) is 0 Å². The molecule has 0 aliphatic rings. The van der Waals surface area contributed by atoms with Crippen LogP contribution in [0.3, 0.4) is 0 Å². The zero-order valence-electron chi connectivity index (χ0n) is 11.3. The molecule has 0 aliphatic carbocycles. The molecule has 5 N–H and O–H groups in total. The number of carbonyl (C=O) groups is 1. The molecular weight excluding hydrogens is 250 g/mol. The first-order chi connectivity index (χ1) is 9.68. The fraction of sp³-hybridized carbons (Fsp3) is 0.188. The Bertz CT molecular complexity index is 582. The van der Waals surface area contributed by atoms with E-state index in [2.05, 4.69) is 17.4 Å². The molecule has 0 bridgehead atoms. The fourth-order valence-electron chi connectivity index (χ4n) is 2.02. The first kappa shape index (κ1) is 13.9. The van der Waals surface area contributed by atoms with Crippen molar-refractivity contribution in [2.45, 2.75) is 12.8 Å². The number of para-hydroxylation sites is 1. The highest BCUT2D eigenvalue weighted by atomic mass is 16.1. The van der Waals surface area contributed by atoms with E-state index < -0.39 is 0 Å². The molecule has 4 heteroatoms. The summed E-state index contributed by atoms with van der Waals surface area (Å²) in [5.74, 6) is -0.178. The van der Waals surface area contributed by atoms with Gasteiger partial charge in [-0.3, -0.25) is 4.79 Å². The van der Waals surface area contributed by atoms with Gasteiger partial charge in [0.1, 0.15) is 0 Å². The zero-order chi connectivity index (χ0) is 14.4. The summed E-state index contributed by atoms with van der Waals surface area (Å²) in [6, 6.07) is 15.3. The Morgan fingerprint density at radius 3 is 2.50 bits per heavy atom. The van der Waals surface area contributed by atoms with Crippen LogP contribution in [0.1, 0.15) is 22.3 Å².